The standard InChI is InChI=1S/C29H37N3O2/c1-5-31(6-2)18-17-30-28(33)16-15-25-19-23-20-34-27-10-8-7-9-26(27)29(23)32(25)24-13-11-22(12-14-24)21(3)4/h7-14,19,21H,5-6,15-18,20H2,1-4H3,(H,30,33). The average molecular weight is 460 g/mol. The molecule has 0 radical (unpaired) electrons. The van der Waals surface area contributed by atoms with Crippen LogP contribution in [0.5, 0.6) is 5.75 Å². The Balaban J connectivity index is 1.59. The van der Waals surface area contributed by atoms with Crippen molar-refractivity contribution in [3.8, 4) is 22.7 Å². The summed E-state index contributed by atoms with van der Waals surface area (Å²) in [5, 5.41) is 3.09. The summed E-state index contributed by atoms with van der Waals surface area (Å²) < 4.78 is 8.35. The number of hydrogen-bond acceptors (Lipinski definition) is 3. The van der Waals surface area contributed by atoms with Crippen molar-refractivity contribution >= 4 is 5.91 Å². The van der Waals surface area contributed by atoms with Crippen LogP contribution in [-0.2, 0) is 17.8 Å². The maximum Gasteiger partial charge on any atom is 0.220 e. The van der Waals surface area contributed by atoms with Crippen molar-refractivity contribution in [3.05, 3.63) is 71.4 Å². The van der Waals surface area contributed by atoms with Gasteiger partial charge in [0.25, 0.3) is 0 Å². The number of aryl methyl sites for hydroxylation is 1. The Morgan fingerprint density at radius 3 is 2.53 bits per heavy atom. The number of aromatic nitrogens is 1. The quantitative estimate of drug-likeness (QED) is 0.432. The number of likely N-dealkylation sites (N-methyl/N-ethyl adjacent to an activating group) is 1. The van der Waals surface area contributed by atoms with Gasteiger partial charge in [-0.3, -0.25) is 4.79 Å². The lowest BCUT2D eigenvalue weighted by atomic mass is 10.0. The van der Waals surface area contributed by atoms with Gasteiger partial charge in [-0.2, -0.15) is 0 Å². The number of nitrogens with one attached hydrogen (secondary N) is 1. The topological polar surface area (TPSA) is 46.5 Å². The van der Waals surface area contributed by atoms with E-state index in [1.54, 1.807) is 0 Å². The molecule has 0 saturated carbocycles. The lowest BCUT2D eigenvalue weighted by Gasteiger charge is -2.21. The summed E-state index contributed by atoms with van der Waals surface area (Å²) in [4.78, 5) is 14.9. The lowest BCUT2D eigenvalue weighted by molar-refractivity contribution is -0.121. The molecule has 5 heteroatoms. The smallest absolute Gasteiger partial charge is 0.220 e. The van der Waals surface area contributed by atoms with E-state index in [2.05, 4.69) is 84.9 Å². The van der Waals surface area contributed by atoms with E-state index in [1.807, 2.05) is 12.1 Å². The second-order valence-electron chi connectivity index (χ2n) is 9.25. The first kappa shape index (κ1) is 24.1. The molecule has 1 N–H and O–H groups in total. The predicted molar refractivity (Wildman–Crippen MR) is 139 cm³/mol. The van der Waals surface area contributed by atoms with E-state index in [1.165, 1.54) is 16.8 Å². The van der Waals surface area contributed by atoms with Crippen molar-refractivity contribution in [1.82, 2.24) is 14.8 Å². The van der Waals surface area contributed by atoms with Crippen LogP contribution >= 0.6 is 0 Å². The van der Waals surface area contributed by atoms with Gasteiger partial charge in [-0.05, 0) is 61.3 Å². The Morgan fingerprint density at radius 1 is 1.09 bits per heavy atom. The summed E-state index contributed by atoms with van der Waals surface area (Å²) in [6.07, 6.45) is 1.14. The Bertz CT molecular complexity index is 1110. The molecule has 2 aromatic carbocycles. The number of para-hydroxylation sites is 1. The molecule has 3 aromatic rings. The minimum absolute atomic E-state index is 0.102. The van der Waals surface area contributed by atoms with Crippen LogP contribution in [0.3, 0.4) is 0 Å². The fourth-order valence-corrected chi connectivity index (χ4v) is 4.68. The number of nitrogens with zero attached hydrogens (tertiary/aromatic N) is 2. The molecule has 1 amide bonds. The zero-order chi connectivity index (χ0) is 24.1. The van der Waals surface area contributed by atoms with Gasteiger partial charge in [0.1, 0.15) is 12.4 Å². The summed E-state index contributed by atoms with van der Waals surface area (Å²) in [6, 6.07) is 19.2. The van der Waals surface area contributed by atoms with Crippen LogP contribution in [0.4, 0.5) is 0 Å². The van der Waals surface area contributed by atoms with Gasteiger partial charge in [-0.1, -0.05) is 52.0 Å². The van der Waals surface area contributed by atoms with Gasteiger partial charge in [-0.15, -0.1) is 0 Å². The van der Waals surface area contributed by atoms with E-state index < -0.39 is 0 Å². The maximum atomic E-state index is 12.6. The molecule has 1 aliphatic rings. The molecule has 2 heterocycles. The molecule has 0 aliphatic carbocycles. The van der Waals surface area contributed by atoms with Crippen molar-refractivity contribution in [2.45, 2.75) is 53.1 Å². The first-order valence-electron chi connectivity index (χ1n) is 12.6. The molecular weight excluding hydrogens is 422 g/mol. The Kier molecular flexibility index (Phi) is 7.73. The van der Waals surface area contributed by atoms with Gasteiger partial charge < -0.3 is 19.5 Å². The van der Waals surface area contributed by atoms with Crippen molar-refractivity contribution in [1.29, 1.82) is 0 Å². The predicted octanol–water partition coefficient (Wildman–Crippen LogP) is 5.55. The third-order valence-electron chi connectivity index (χ3n) is 6.75. The highest BCUT2D eigenvalue weighted by molar-refractivity contribution is 5.77. The molecule has 34 heavy (non-hydrogen) atoms. The first-order chi connectivity index (χ1) is 16.5. The third kappa shape index (κ3) is 5.20. The molecule has 0 saturated heterocycles. The largest absolute Gasteiger partial charge is 0.488 e. The van der Waals surface area contributed by atoms with Crippen LogP contribution in [0.15, 0.2) is 54.6 Å². The molecule has 5 nitrogen and oxygen atoms in total. The number of carbonyl (C=O) groups excluding carboxylic acids is 1. The first-order valence-corrected chi connectivity index (χ1v) is 12.6. The minimum atomic E-state index is 0.102. The summed E-state index contributed by atoms with van der Waals surface area (Å²) in [6.45, 7) is 12.9. The summed E-state index contributed by atoms with van der Waals surface area (Å²) >= 11 is 0. The number of ether oxygens (including phenoxy) is 1. The highest BCUT2D eigenvalue weighted by atomic mass is 16.5. The van der Waals surface area contributed by atoms with Gasteiger partial charge in [-0.25, -0.2) is 0 Å². The Morgan fingerprint density at radius 2 is 1.82 bits per heavy atom. The summed E-state index contributed by atoms with van der Waals surface area (Å²) in [5.41, 5.74) is 7.04. The zero-order valence-corrected chi connectivity index (χ0v) is 20.9. The molecule has 0 spiro atoms. The Hall–Kier alpha value is -3.05. The van der Waals surface area contributed by atoms with Crippen LogP contribution < -0.4 is 10.1 Å². The molecule has 0 fully saturated rings. The normalized spacial score (nSPS) is 12.4. The van der Waals surface area contributed by atoms with Gasteiger partial charge in [0.2, 0.25) is 5.91 Å². The van der Waals surface area contributed by atoms with Crippen LogP contribution in [-0.4, -0.2) is 41.6 Å². The summed E-state index contributed by atoms with van der Waals surface area (Å²) in [5.74, 6) is 1.50. The maximum absolute atomic E-state index is 12.6. The van der Waals surface area contributed by atoms with Gasteiger partial charge >= 0.3 is 0 Å². The zero-order valence-electron chi connectivity index (χ0n) is 20.9. The fourth-order valence-electron chi connectivity index (χ4n) is 4.68. The molecule has 180 valence electrons. The third-order valence-corrected chi connectivity index (χ3v) is 6.75. The molecular formula is C29H37N3O2. The van der Waals surface area contributed by atoms with Crippen LogP contribution in [0.25, 0.3) is 16.9 Å². The second-order valence-corrected chi connectivity index (χ2v) is 9.25. The van der Waals surface area contributed by atoms with E-state index in [-0.39, 0.29) is 5.91 Å². The number of benzene rings is 2. The number of rotatable bonds is 10. The van der Waals surface area contributed by atoms with E-state index in [0.717, 1.165) is 42.3 Å². The highest BCUT2D eigenvalue weighted by Gasteiger charge is 2.25. The molecule has 1 aromatic heterocycles. The van der Waals surface area contributed by atoms with Gasteiger partial charge in [0.05, 0.1) is 5.69 Å². The van der Waals surface area contributed by atoms with E-state index in [4.69, 9.17) is 4.74 Å². The molecule has 4 rings (SSSR count). The monoisotopic (exact) mass is 459 g/mol. The van der Waals surface area contributed by atoms with Crippen LogP contribution in [0.2, 0.25) is 0 Å². The average Bonchev–Trinajstić information content (AvgIpc) is 3.24. The second kappa shape index (κ2) is 10.9. The number of amides is 1. The van der Waals surface area contributed by atoms with Crippen molar-refractivity contribution in [3.63, 3.8) is 0 Å². The number of carbonyl (C=O) groups is 1. The van der Waals surface area contributed by atoms with E-state index >= 15 is 0 Å². The highest BCUT2D eigenvalue weighted by Crippen LogP contribution is 2.41. The SMILES string of the molecule is CCN(CC)CCNC(=O)CCc1cc2c(n1-c1ccc(C(C)C)cc1)-c1ccccc1OC2. The van der Waals surface area contributed by atoms with Gasteiger partial charge in [0.15, 0.2) is 0 Å². The fraction of sp³-hybridized carbons (Fsp3) is 0.414. The van der Waals surface area contributed by atoms with Crippen molar-refractivity contribution in [2.75, 3.05) is 26.2 Å². The van der Waals surface area contributed by atoms with Crippen molar-refractivity contribution < 1.29 is 9.53 Å². The van der Waals surface area contributed by atoms with E-state index in [9.17, 15) is 4.79 Å². The lowest BCUT2D eigenvalue weighted by Crippen LogP contribution is -2.34. The van der Waals surface area contributed by atoms with E-state index in [0.29, 0.717) is 31.9 Å². The molecule has 0 unspecified atom stereocenters. The van der Waals surface area contributed by atoms with Crippen molar-refractivity contribution in [2.24, 2.45) is 0 Å². The molecule has 0 bridgehead atoms. The Labute approximate surface area is 203 Å². The summed E-state index contributed by atoms with van der Waals surface area (Å²) in [7, 11) is 0. The number of hydrogen-bond donors (Lipinski definition) is 1. The van der Waals surface area contributed by atoms with Crippen LogP contribution in [0, 0.1) is 0 Å². The molecule has 0 atom stereocenters. The minimum Gasteiger partial charge on any atom is -0.488 e. The number of fused-ring (bicyclic) bond motifs is 3. The molecule has 1 aliphatic heterocycles. The van der Waals surface area contributed by atoms with Crippen LogP contribution in [0.1, 0.15) is 56.9 Å². The van der Waals surface area contributed by atoms with Gasteiger partial charge in [0, 0.05) is 42.0 Å².